The van der Waals surface area contributed by atoms with Crippen molar-refractivity contribution < 1.29 is 14.3 Å². The number of carbonyl (C=O) groups is 2. The van der Waals surface area contributed by atoms with Gasteiger partial charge in [0.25, 0.3) is 0 Å². The van der Waals surface area contributed by atoms with Crippen molar-refractivity contribution >= 4 is 22.8 Å². The van der Waals surface area contributed by atoms with Crippen LogP contribution in [0.4, 0.5) is 0 Å². The highest BCUT2D eigenvalue weighted by Gasteiger charge is 2.32. The standard InChI is InChI=1S/C24H27N3O3/c1-30-24(29)22(25)17-9-7-16(8-10-17)21(28)13-18-11-12-26-23-19(18)14-20(27-23)15-5-3-2-4-6-15/h2-6,11-12,14,16-17,22H,7-10,13,25H2,1H3,(H,26,27)/t16?,17?,22-/m0/s1. The smallest absolute Gasteiger partial charge is 0.322 e. The van der Waals surface area contributed by atoms with Crippen molar-refractivity contribution in [3.63, 3.8) is 0 Å². The van der Waals surface area contributed by atoms with Gasteiger partial charge in [0.1, 0.15) is 17.5 Å². The molecule has 6 nitrogen and oxygen atoms in total. The molecule has 0 radical (unpaired) electrons. The molecule has 3 aromatic rings. The van der Waals surface area contributed by atoms with Crippen LogP contribution in [0, 0.1) is 11.8 Å². The fourth-order valence-electron chi connectivity index (χ4n) is 4.47. The maximum atomic E-state index is 13.0. The van der Waals surface area contributed by atoms with Gasteiger partial charge in [-0.25, -0.2) is 4.98 Å². The molecule has 6 heteroatoms. The monoisotopic (exact) mass is 405 g/mol. The van der Waals surface area contributed by atoms with Crippen molar-refractivity contribution in [1.82, 2.24) is 9.97 Å². The normalized spacial score (nSPS) is 20.1. The average Bonchev–Trinajstić information content (AvgIpc) is 3.24. The van der Waals surface area contributed by atoms with Gasteiger partial charge in [0.15, 0.2) is 0 Å². The van der Waals surface area contributed by atoms with E-state index < -0.39 is 6.04 Å². The van der Waals surface area contributed by atoms with Gasteiger partial charge in [-0.3, -0.25) is 9.59 Å². The first kappa shape index (κ1) is 20.3. The summed E-state index contributed by atoms with van der Waals surface area (Å²) in [5, 5.41) is 0.992. The van der Waals surface area contributed by atoms with Crippen LogP contribution in [-0.4, -0.2) is 34.9 Å². The maximum absolute atomic E-state index is 13.0. The summed E-state index contributed by atoms with van der Waals surface area (Å²) in [6.45, 7) is 0. The highest BCUT2D eigenvalue weighted by molar-refractivity contribution is 5.91. The van der Waals surface area contributed by atoms with Crippen molar-refractivity contribution in [1.29, 1.82) is 0 Å². The molecule has 1 aliphatic carbocycles. The van der Waals surface area contributed by atoms with Crippen LogP contribution in [0.2, 0.25) is 0 Å². The Bertz CT molecular complexity index is 1040. The molecular formula is C24H27N3O3. The third-order valence-corrected chi connectivity index (χ3v) is 6.28. The second-order valence-corrected chi connectivity index (χ2v) is 8.09. The fourth-order valence-corrected chi connectivity index (χ4v) is 4.47. The number of pyridine rings is 1. The molecule has 2 heterocycles. The predicted molar refractivity (Wildman–Crippen MR) is 116 cm³/mol. The lowest BCUT2D eigenvalue weighted by molar-refractivity contribution is -0.143. The van der Waals surface area contributed by atoms with E-state index in [1.807, 2.05) is 36.4 Å². The zero-order chi connectivity index (χ0) is 21.1. The number of nitrogens with two attached hydrogens (primary N) is 1. The molecule has 3 N–H and O–H groups in total. The average molecular weight is 405 g/mol. The Morgan fingerprint density at radius 1 is 1.17 bits per heavy atom. The lowest BCUT2D eigenvalue weighted by Crippen LogP contribution is -2.41. The molecule has 1 atom stereocenters. The third-order valence-electron chi connectivity index (χ3n) is 6.28. The number of aromatic nitrogens is 2. The number of nitrogens with zero attached hydrogens (tertiary/aromatic N) is 1. The number of nitrogens with one attached hydrogen (secondary N) is 1. The van der Waals surface area contributed by atoms with Crippen molar-refractivity contribution in [2.24, 2.45) is 17.6 Å². The minimum absolute atomic E-state index is 0.0156. The summed E-state index contributed by atoms with van der Waals surface area (Å²) in [5.41, 5.74) is 9.87. The van der Waals surface area contributed by atoms with E-state index >= 15 is 0 Å². The number of ketones is 1. The van der Waals surface area contributed by atoms with E-state index in [2.05, 4.69) is 16.0 Å². The first-order valence-electron chi connectivity index (χ1n) is 10.4. The van der Waals surface area contributed by atoms with E-state index in [-0.39, 0.29) is 23.6 Å². The number of fused-ring (bicyclic) bond motifs is 1. The van der Waals surface area contributed by atoms with Gasteiger partial charge < -0.3 is 15.5 Å². The number of hydrogen-bond acceptors (Lipinski definition) is 5. The van der Waals surface area contributed by atoms with Crippen LogP contribution in [0.5, 0.6) is 0 Å². The Hall–Kier alpha value is -2.99. The second kappa shape index (κ2) is 8.79. The van der Waals surface area contributed by atoms with Gasteiger partial charge in [-0.1, -0.05) is 30.3 Å². The van der Waals surface area contributed by atoms with Crippen LogP contribution in [0.1, 0.15) is 31.2 Å². The van der Waals surface area contributed by atoms with Crippen LogP contribution in [-0.2, 0) is 20.7 Å². The van der Waals surface area contributed by atoms with Crippen LogP contribution < -0.4 is 5.73 Å². The summed E-state index contributed by atoms with van der Waals surface area (Å²) in [6, 6.07) is 13.5. The summed E-state index contributed by atoms with van der Waals surface area (Å²) >= 11 is 0. The molecule has 0 spiro atoms. The molecule has 0 aliphatic heterocycles. The summed E-state index contributed by atoms with van der Waals surface area (Å²) in [7, 11) is 1.36. The van der Waals surface area contributed by atoms with E-state index in [0.29, 0.717) is 6.42 Å². The molecule has 0 amide bonds. The van der Waals surface area contributed by atoms with Crippen molar-refractivity contribution in [2.45, 2.75) is 38.1 Å². The maximum Gasteiger partial charge on any atom is 0.322 e. The Labute approximate surface area is 175 Å². The van der Waals surface area contributed by atoms with E-state index in [1.165, 1.54) is 7.11 Å². The predicted octanol–water partition coefficient (Wildman–Crippen LogP) is 3.65. The van der Waals surface area contributed by atoms with E-state index in [9.17, 15) is 9.59 Å². The van der Waals surface area contributed by atoms with Gasteiger partial charge in [0.05, 0.1) is 7.11 Å². The number of benzene rings is 1. The topological polar surface area (TPSA) is 98.1 Å². The van der Waals surface area contributed by atoms with Crippen LogP contribution in [0.3, 0.4) is 0 Å². The van der Waals surface area contributed by atoms with Crippen LogP contribution >= 0.6 is 0 Å². The number of ether oxygens (including phenoxy) is 1. The van der Waals surface area contributed by atoms with E-state index in [4.69, 9.17) is 10.5 Å². The van der Waals surface area contributed by atoms with Gasteiger partial charge >= 0.3 is 5.97 Å². The Kier molecular flexibility index (Phi) is 5.95. The molecular weight excluding hydrogens is 378 g/mol. The quantitative estimate of drug-likeness (QED) is 0.610. The number of H-pyrrole nitrogens is 1. The number of aromatic amines is 1. The molecule has 4 rings (SSSR count). The lowest BCUT2D eigenvalue weighted by Gasteiger charge is -2.30. The van der Waals surface area contributed by atoms with E-state index in [0.717, 1.165) is 53.5 Å². The lowest BCUT2D eigenvalue weighted by atomic mass is 9.76. The summed E-state index contributed by atoms with van der Waals surface area (Å²) < 4.78 is 4.75. The minimum Gasteiger partial charge on any atom is -0.468 e. The van der Waals surface area contributed by atoms with Crippen molar-refractivity contribution in [3.8, 4) is 11.3 Å². The summed E-state index contributed by atoms with van der Waals surface area (Å²) in [5.74, 6) is -0.0187. The number of Topliss-reactive ketones (excluding diaryl/α,β-unsaturated/α-hetero) is 1. The highest BCUT2D eigenvalue weighted by Crippen LogP contribution is 2.33. The molecule has 1 aliphatic rings. The van der Waals surface area contributed by atoms with Crippen LogP contribution in [0.15, 0.2) is 48.7 Å². The zero-order valence-corrected chi connectivity index (χ0v) is 17.1. The fraction of sp³-hybridized carbons (Fsp3) is 0.375. The molecule has 0 saturated heterocycles. The van der Waals surface area contributed by atoms with Crippen LogP contribution in [0.25, 0.3) is 22.3 Å². The van der Waals surface area contributed by atoms with Gasteiger partial charge in [0.2, 0.25) is 0 Å². The first-order valence-corrected chi connectivity index (χ1v) is 10.4. The molecule has 0 bridgehead atoms. The molecule has 2 aromatic heterocycles. The SMILES string of the molecule is COC(=O)[C@@H](N)C1CCC(C(=O)Cc2ccnc3[nH]c(-c4ccccc4)cc23)CC1. The second-order valence-electron chi connectivity index (χ2n) is 8.09. The van der Waals surface area contributed by atoms with Gasteiger partial charge in [0, 0.05) is 29.6 Å². The zero-order valence-electron chi connectivity index (χ0n) is 17.1. The molecule has 156 valence electrons. The molecule has 0 unspecified atom stereocenters. The van der Waals surface area contributed by atoms with Gasteiger partial charge in [-0.05, 0) is 54.9 Å². The summed E-state index contributed by atoms with van der Waals surface area (Å²) in [6.07, 6.45) is 5.24. The number of methoxy groups -OCH3 is 1. The largest absolute Gasteiger partial charge is 0.468 e. The minimum atomic E-state index is -0.595. The Morgan fingerprint density at radius 2 is 1.90 bits per heavy atom. The Morgan fingerprint density at radius 3 is 2.60 bits per heavy atom. The van der Waals surface area contributed by atoms with Gasteiger partial charge in [-0.2, -0.15) is 0 Å². The van der Waals surface area contributed by atoms with E-state index in [1.54, 1.807) is 6.20 Å². The van der Waals surface area contributed by atoms with Crippen molar-refractivity contribution in [3.05, 3.63) is 54.2 Å². The number of carbonyl (C=O) groups excluding carboxylic acids is 2. The third kappa shape index (κ3) is 4.14. The highest BCUT2D eigenvalue weighted by atomic mass is 16.5. The number of hydrogen-bond donors (Lipinski definition) is 2. The molecule has 1 aromatic carbocycles. The first-order chi connectivity index (χ1) is 14.6. The number of rotatable bonds is 6. The number of esters is 1. The molecule has 1 fully saturated rings. The Balaban J connectivity index is 1.45. The summed E-state index contributed by atoms with van der Waals surface area (Å²) in [4.78, 5) is 32.5. The molecule has 30 heavy (non-hydrogen) atoms. The molecule has 1 saturated carbocycles. The van der Waals surface area contributed by atoms with Crippen molar-refractivity contribution in [2.75, 3.05) is 7.11 Å². The van der Waals surface area contributed by atoms with Gasteiger partial charge in [-0.15, -0.1) is 0 Å².